The molecule has 4 atom stereocenters. The molecule has 1 heterocycles. The fourth-order valence-corrected chi connectivity index (χ4v) is 4.50. The first-order valence-corrected chi connectivity index (χ1v) is 7.15. The maximum Gasteiger partial charge on any atom is 0.189 e. The lowest BCUT2D eigenvalue weighted by molar-refractivity contribution is -0.144. The highest BCUT2D eigenvalue weighted by Crippen LogP contribution is 2.65. The molecule has 1 saturated heterocycles. The van der Waals surface area contributed by atoms with E-state index in [0.717, 1.165) is 6.29 Å². The summed E-state index contributed by atoms with van der Waals surface area (Å²) in [5.41, 5.74) is -3.03. The van der Waals surface area contributed by atoms with Crippen LogP contribution in [0.2, 0.25) is 0 Å². The van der Waals surface area contributed by atoms with Crippen LogP contribution in [0.4, 0.5) is 0 Å². The molecular formula is C16H20O5. The van der Waals surface area contributed by atoms with Crippen LogP contribution < -0.4 is 0 Å². The number of fused-ring (bicyclic) bond motifs is 1. The molecular weight excluding hydrogens is 272 g/mol. The van der Waals surface area contributed by atoms with E-state index in [9.17, 15) is 14.7 Å². The zero-order chi connectivity index (χ0) is 15.5. The number of ether oxygens (including phenoxy) is 2. The van der Waals surface area contributed by atoms with Crippen LogP contribution in [0.5, 0.6) is 0 Å². The molecule has 0 radical (unpaired) electrons. The fraction of sp³-hybridized carbons (Fsp3) is 0.625. The van der Waals surface area contributed by atoms with Gasteiger partial charge in [-0.25, -0.2) is 0 Å². The Balaban J connectivity index is 2.25. The zero-order valence-corrected chi connectivity index (χ0v) is 12.3. The smallest absolute Gasteiger partial charge is 0.189 e. The first-order chi connectivity index (χ1) is 9.83. The van der Waals surface area contributed by atoms with Crippen LogP contribution in [0.1, 0.15) is 26.7 Å². The Bertz CT molecular complexity index is 543. The van der Waals surface area contributed by atoms with E-state index in [-0.39, 0.29) is 12.6 Å². The van der Waals surface area contributed by atoms with Gasteiger partial charge in [0.2, 0.25) is 0 Å². The molecule has 0 aromatic heterocycles. The third kappa shape index (κ3) is 1.59. The van der Waals surface area contributed by atoms with E-state index in [0.29, 0.717) is 18.6 Å². The van der Waals surface area contributed by atoms with Crippen molar-refractivity contribution in [3.8, 4) is 0 Å². The van der Waals surface area contributed by atoms with E-state index in [1.54, 1.807) is 19.9 Å². The second-order valence-electron chi connectivity index (χ2n) is 6.73. The van der Waals surface area contributed by atoms with Gasteiger partial charge < -0.3 is 19.4 Å². The average Bonchev–Trinajstić information content (AvgIpc) is 2.89. The van der Waals surface area contributed by atoms with Crippen molar-refractivity contribution in [3.63, 3.8) is 0 Å². The number of allylic oxidation sites excluding steroid dienone is 2. The lowest BCUT2D eigenvalue weighted by atomic mass is 9.60. The van der Waals surface area contributed by atoms with Crippen molar-refractivity contribution in [1.82, 2.24) is 0 Å². The highest BCUT2D eigenvalue weighted by atomic mass is 16.7. The van der Waals surface area contributed by atoms with E-state index >= 15 is 0 Å². The average molecular weight is 292 g/mol. The van der Waals surface area contributed by atoms with Gasteiger partial charge in [0.05, 0.1) is 16.9 Å². The van der Waals surface area contributed by atoms with E-state index < -0.39 is 28.5 Å². The van der Waals surface area contributed by atoms with Crippen LogP contribution in [-0.4, -0.2) is 35.2 Å². The summed E-state index contributed by atoms with van der Waals surface area (Å²) < 4.78 is 11.2. The molecule has 5 nitrogen and oxygen atoms in total. The van der Waals surface area contributed by atoms with Crippen LogP contribution in [0.25, 0.3) is 0 Å². The Morgan fingerprint density at radius 3 is 2.86 bits per heavy atom. The Hall–Kier alpha value is -1.46. The highest BCUT2D eigenvalue weighted by molar-refractivity contribution is 6.01. The molecule has 1 saturated carbocycles. The first-order valence-electron chi connectivity index (χ1n) is 7.15. The minimum Gasteiger partial charge on any atom is -0.469 e. The molecule has 1 spiro atoms. The molecule has 0 aromatic carbocycles. The number of hydrogen-bond acceptors (Lipinski definition) is 5. The van der Waals surface area contributed by atoms with E-state index in [2.05, 4.69) is 6.58 Å². The number of rotatable bonds is 4. The van der Waals surface area contributed by atoms with Gasteiger partial charge in [-0.05, 0) is 26.7 Å². The van der Waals surface area contributed by atoms with E-state index in [1.165, 1.54) is 6.08 Å². The van der Waals surface area contributed by atoms with Crippen molar-refractivity contribution >= 4 is 12.1 Å². The van der Waals surface area contributed by atoms with Crippen molar-refractivity contribution in [2.24, 2.45) is 17.3 Å². The topological polar surface area (TPSA) is 72.8 Å². The minimum absolute atomic E-state index is 0.0339. The predicted molar refractivity (Wildman–Crippen MR) is 74.1 cm³/mol. The maximum atomic E-state index is 12.8. The third-order valence-corrected chi connectivity index (χ3v) is 5.33. The largest absolute Gasteiger partial charge is 0.469 e. The van der Waals surface area contributed by atoms with Gasteiger partial charge in [0.25, 0.3) is 0 Å². The summed E-state index contributed by atoms with van der Waals surface area (Å²) in [5, 5.41) is 10.6. The summed E-state index contributed by atoms with van der Waals surface area (Å²) in [6.07, 6.45) is 4.60. The number of ketones is 1. The maximum absolute atomic E-state index is 12.8. The van der Waals surface area contributed by atoms with Crippen molar-refractivity contribution in [1.29, 1.82) is 0 Å². The molecule has 0 amide bonds. The lowest BCUT2D eigenvalue weighted by Crippen LogP contribution is -2.52. The van der Waals surface area contributed by atoms with Gasteiger partial charge >= 0.3 is 0 Å². The number of hydrogen-bond donors (Lipinski definition) is 1. The highest BCUT2D eigenvalue weighted by Gasteiger charge is 2.73. The minimum atomic E-state index is -1.11. The molecule has 0 unspecified atom stereocenters. The Morgan fingerprint density at radius 1 is 1.57 bits per heavy atom. The van der Waals surface area contributed by atoms with Crippen LogP contribution in [0.3, 0.4) is 0 Å². The first kappa shape index (κ1) is 14.5. The van der Waals surface area contributed by atoms with Gasteiger partial charge in [-0.3, -0.25) is 4.79 Å². The number of aliphatic hydroxyl groups is 1. The molecule has 2 fully saturated rings. The number of aldehydes is 1. The van der Waals surface area contributed by atoms with E-state index in [1.807, 2.05) is 0 Å². The third-order valence-electron chi connectivity index (χ3n) is 5.33. The summed E-state index contributed by atoms with van der Waals surface area (Å²) in [5.74, 6) is -0.813. The molecule has 0 aromatic rings. The Morgan fingerprint density at radius 2 is 2.29 bits per heavy atom. The molecule has 2 bridgehead atoms. The van der Waals surface area contributed by atoms with Gasteiger partial charge in [-0.15, -0.1) is 6.58 Å². The van der Waals surface area contributed by atoms with Gasteiger partial charge in [-0.2, -0.15) is 0 Å². The fourth-order valence-electron chi connectivity index (χ4n) is 4.50. The summed E-state index contributed by atoms with van der Waals surface area (Å²) in [6.45, 7) is 7.10. The van der Waals surface area contributed by atoms with Crippen LogP contribution in [0, 0.1) is 17.3 Å². The van der Waals surface area contributed by atoms with Gasteiger partial charge in [0, 0.05) is 12.0 Å². The van der Waals surface area contributed by atoms with E-state index in [4.69, 9.17) is 9.47 Å². The summed E-state index contributed by atoms with van der Waals surface area (Å²) >= 11 is 0. The Labute approximate surface area is 123 Å². The second-order valence-corrected chi connectivity index (χ2v) is 6.73. The van der Waals surface area contributed by atoms with Gasteiger partial charge in [-0.1, -0.05) is 6.08 Å². The molecule has 1 aliphatic heterocycles. The predicted octanol–water partition coefficient (Wildman–Crippen LogP) is 1.36. The molecule has 21 heavy (non-hydrogen) atoms. The quantitative estimate of drug-likeness (QED) is 0.626. The summed E-state index contributed by atoms with van der Waals surface area (Å²) in [7, 11) is 0. The van der Waals surface area contributed by atoms with Crippen molar-refractivity contribution in [2.75, 3.05) is 6.79 Å². The van der Waals surface area contributed by atoms with Crippen LogP contribution >= 0.6 is 0 Å². The monoisotopic (exact) mass is 292 g/mol. The van der Waals surface area contributed by atoms with Crippen molar-refractivity contribution in [2.45, 2.75) is 37.9 Å². The van der Waals surface area contributed by atoms with Crippen molar-refractivity contribution in [3.05, 3.63) is 24.5 Å². The molecule has 1 N–H and O–H groups in total. The standard InChI is InChI=1S/C16H20O5/c1-4-5-15-10(14(2,3)19)7-16(11(15)8-17)13(6-12(15)18)20-9-21-16/h4,6,8,10-11,19H,1,5,7,9H2,2-3H3/t10-,11+,15+,16+/m1/s1. The van der Waals surface area contributed by atoms with Crippen molar-refractivity contribution < 1.29 is 24.2 Å². The summed E-state index contributed by atoms with van der Waals surface area (Å²) in [6, 6.07) is 0. The second kappa shape index (κ2) is 4.27. The Kier molecular flexibility index (Phi) is 2.94. The zero-order valence-electron chi connectivity index (χ0n) is 12.3. The number of carbonyl (C=O) groups excluding carboxylic acids is 2. The molecule has 5 heteroatoms. The molecule has 2 aliphatic carbocycles. The van der Waals surface area contributed by atoms with Gasteiger partial charge in [0.1, 0.15) is 17.6 Å². The molecule has 3 aliphatic rings. The lowest BCUT2D eigenvalue weighted by Gasteiger charge is -2.43. The number of carbonyl (C=O) groups is 2. The normalized spacial score (nSPS) is 41.3. The van der Waals surface area contributed by atoms with Crippen LogP contribution in [0.15, 0.2) is 24.5 Å². The molecule has 3 rings (SSSR count). The molecule has 114 valence electrons. The summed E-state index contributed by atoms with van der Waals surface area (Å²) in [4.78, 5) is 24.6. The van der Waals surface area contributed by atoms with Gasteiger partial charge in [0.15, 0.2) is 12.6 Å². The van der Waals surface area contributed by atoms with Crippen LogP contribution in [-0.2, 0) is 19.1 Å². The SMILES string of the molecule is C=CC[C@]12C(=O)C=C3OCO[C@@]3(C[C@@H]1C(C)(C)O)[C@H]2C=O.